The highest BCUT2D eigenvalue weighted by Gasteiger charge is 2.29. The molecule has 1 heterocycles. The van der Waals surface area contributed by atoms with Crippen molar-refractivity contribution < 1.29 is 8.42 Å². The minimum absolute atomic E-state index is 0.489. The van der Waals surface area contributed by atoms with E-state index < -0.39 is 10.2 Å². The first kappa shape index (κ1) is 12.9. The van der Waals surface area contributed by atoms with E-state index in [0.29, 0.717) is 32.1 Å². The van der Waals surface area contributed by atoms with Crippen LogP contribution in [-0.4, -0.2) is 50.3 Å². The summed E-state index contributed by atoms with van der Waals surface area (Å²) in [6, 6.07) is 0. The van der Waals surface area contributed by atoms with E-state index in [0.717, 1.165) is 12.8 Å². The Kier molecular flexibility index (Phi) is 4.51. The predicted molar refractivity (Wildman–Crippen MR) is 60.6 cm³/mol. The van der Waals surface area contributed by atoms with Crippen LogP contribution in [0.15, 0.2) is 0 Å². The molecule has 0 bridgehead atoms. The van der Waals surface area contributed by atoms with E-state index in [1.54, 1.807) is 11.4 Å². The Balaban J connectivity index is 2.60. The molecule has 1 rings (SSSR count). The molecular weight excluding hydrogens is 214 g/mol. The summed E-state index contributed by atoms with van der Waals surface area (Å²) >= 11 is 0. The van der Waals surface area contributed by atoms with Crippen LogP contribution in [0.3, 0.4) is 0 Å². The summed E-state index contributed by atoms with van der Waals surface area (Å²) in [7, 11) is -1.60. The van der Waals surface area contributed by atoms with Crippen LogP contribution in [0, 0.1) is 5.92 Å². The fourth-order valence-electron chi connectivity index (χ4n) is 1.74. The molecule has 0 aromatic heterocycles. The van der Waals surface area contributed by atoms with Crippen molar-refractivity contribution in [3.63, 3.8) is 0 Å². The normalized spacial score (nSPS) is 21.1. The first-order valence-corrected chi connectivity index (χ1v) is 6.83. The molecule has 0 radical (unpaired) electrons. The molecule has 1 saturated heterocycles. The van der Waals surface area contributed by atoms with E-state index in [1.807, 2.05) is 6.92 Å². The molecule has 0 aromatic carbocycles. The number of hydrogen-bond donors (Lipinski definition) is 1. The van der Waals surface area contributed by atoms with Gasteiger partial charge in [0.15, 0.2) is 0 Å². The van der Waals surface area contributed by atoms with Crippen LogP contribution < -0.4 is 5.73 Å². The van der Waals surface area contributed by atoms with Crippen molar-refractivity contribution in [2.45, 2.75) is 19.8 Å². The zero-order valence-electron chi connectivity index (χ0n) is 9.52. The fraction of sp³-hybridized carbons (Fsp3) is 1.00. The van der Waals surface area contributed by atoms with Gasteiger partial charge in [0, 0.05) is 26.7 Å². The Hall–Kier alpha value is -0.170. The molecule has 0 spiro atoms. The van der Waals surface area contributed by atoms with Crippen molar-refractivity contribution in [3.8, 4) is 0 Å². The van der Waals surface area contributed by atoms with Gasteiger partial charge >= 0.3 is 0 Å². The zero-order valence-corrected chi connectivity index (χ0v) is 10.3. The number of nitrogens with zero attached hydrogens (tertiary/aromatic N) is 2. The van der Waals surface area contributed by atoms with Crippen LogP contribution in [0.5, 0.6) is 0 Å². The fourth-order valence-corrected chi connectivity index (χ4v) is 3.13. The third-order valence-electron chi connectivity index (χ3n) is 3.07. The summed E-state index contributed by atoms with van der Waals surface area (Å²) in [5.74, 6) is 0.489. The maximum atomic E-state index is 11.9. The zero-order chi connectivity index (χ0) is 11.5. The molecule has 6 heteroatoms. The minimum atomic E-state index is -3.22. The second kappa shape index (κ2) is 5.25. The summed E-state index contributed by atoms with van der Waals surface area (Å²) < 4.78 is 26.8. The third-order valence-corrected chi connectivity index (χ3v) is 5.14. The molecule has 1 aliphatic rings. The van der Waals surface area contributed by atoms with Gasteiger partial charge in [-0.25, -0.2) is 0 Å². The monoisotopic (exact) mass is 235 g/mol. The van der Waals surface area contributed by atoms with E-state index in [1.165, 1.54) is 4.31 Å². The molecule has 5 nitrogen and oxygen atoms in total. The first-order chi connectivity index (χ1) is 7.02. The van der Waals surface area contributed by atoms with Gasteiger partial charge in [-0.2, -0.15) is 17.0 Å². The van der Waals surface area contributed by atoms with Gasteiger partial charge in [-0.05, 0) is 25.3 Å². The van der Waals surface area contributed by atoms with Crippen molar-refractivity contribution in [3.05, 3.63) is 0 Å². The van der Waals surface area contributed by atoms with Gasteiger partial charge in [-0.1, -0.05) is 6.92 Å². The average molecular weight is 235 g/mol. The van der Waals surface area contributed by atoms with Gasteiger partial charge in [-0.3, -0.25) is 0 Å². The van der Waals surface area contributed by atoms with Crippen molar-refractivity contribution in [2.75, 3.05) is 33.2 Å². The molecule has 1 fully saturated rings. The van der Waals surface area contributed by atoms with Crippen LogP contribution in [0.1, 0.15) is 19.8 Å². The smallest absolute Gasteiger partial charge is 0.281 e. The topological polar surface area (TPSA) is 66.6 Å². The quantitative estimate of drug-likeness (QED) is 0.737. The third kappa shape index (κ3) is 2.90. The highest BCUT2D eigenvalue weighted by molar-refractivity contribution is 7.86. The molecule has 15 heavy (non-hydrogen) atoms. The molecule has 1 aliphatic heterocycles. The summed E-state index contributed by atoms with van der Waals surface area (Å²) in [5.41, 5.74) is 5.57. The second-order valence-corrected chi connectivity index (χ2v) is 6.04. The maximum absolute atomic E-state index is 11.9. The lowest BCUT2D eigenvalue weighted by atomic mass is 9.99. The molecule has 0 aliphatic carbocycles. The maximum Gasteiger partial charge on any atom is 0.281 e. The summed E-state index contributed by atoms with van der Waals surface area (Å²) in [6.07, 6.45) is 1.76. The molecule has 0 aromatic rings. The minimum Gasteiger partial charge on any atom is -0.330 e. The standard InChI is InChI=1S/C9H21N3O2S/c1-3-11(2)15(13,14)12-6-4-9(8-10)5-7-12/h9H,3-8,10H2,1-2H3. The number of rotatable bonds is 4. The van der Waals surface area contributed by atoms with Crippen LogP contribution in [0.2, 0.25) is 0 Å². The number of hydrogen-bond acceptors (Lipinski definition) is 3. The lowest BCUT2D eigenvalue weighted by Gasteiger charge is -2.32. The van der Waals surface area contributed by atoms with Crippen molar-refractivity contribution in [1.29, 1.82) is 0 Å². The second-order valence-electron chi connectivity index (χ2n) is 4.00. The van der Waals surface area contributed by atoms with Gasteiger partial charge in [0.25, 0.3) is 10.2 Å². The Morgan fingerprint density at radius 3 is 2.33 bits per heavy atom. The molecular formula is C9H21N3O2S. The lowest BCUT2D eigenvalue weighted by molar-refractivity contribution is 0.264. The van der Waals surface area contributed by atoms with E-state index in [9.17, 15) is 8.42 Å². The highest BCUT2D eigenvalue weighted by atomic mass is 32.2. The SMILES string of the molecule is CCN(C)S(=O)(=O)N1CCC(CN)CC1. The lowest BCUT2D eigenvalue weighted by Crippen LogP contribution is -2.46. The van der Waals surface area contributed by atoms with Crippen LogP contribution in [-0.2, 0) is 10.2 Å². The molecule has 2 N–H and O–H groups in total. The largest absolute Gasteiger partial charge is 0.330 e. The molecule has 0 saturated carbocycles. The Bertz CT molecular complexity index is 284. The van der Waals surface area contributed by atoms with Gasteiger partial charge in [0.1, 0.15) is 0 Å². The van der Waals surface area contributed by atoms with Gasteiger partial charge < -0.3 is 5.73 Å². The predicted octanol–water partition coefficient (Wildman–Crippen LogP) is -0.146. The van der Waals surface area contributed by atoms with Crippen LogP contribution in [0.25, 0.3) is 0 Å². The molecule has 0 unspecified atom stereocenters. The van der Waals surface area contributed by atoms with E-state index in [2.05, 4.69) is 0 Å². The Morgan fingerprint density at radius 1 is 1.40 bits per heavy atom. The Labute approximate surface area is 92.4 Å². The molecule has 0 atom stereocenters. The highest BCUT2D eigenvalue weighted by Crippen LogP contribution is 2.19. The van der Waals surface area contributed by atoms with E-state index in [-0.39, 0.29) is 0 Å². The number of nitrogens with two attached hydrogens (primary N) is 1. The first-order valence-electron chi connectivity index (χ1n) is 5.43. The Morgan fingerprint density at radius 2 is 1.93 bits per heavy atom. The summed E-state index contributed by atoms with van der Waals surface area (Å²) in [6.45, 7) is 4.23. The molecule has 90 valence electrons. The van der Waals surface area contributed by atoms with Gasteiger partial charge in [0.05, 0.1) is 0 Å². The summed E-state index contributed by atoms with van der Waals surface area (Å²) in [4.78, 5) is 0. The van der Waals surface area contributed by atoms with E-state index in [4.69, 9.17) is 5.73 Å². The van der Waals surface area contributed by atoms with Crippen LogP contribution in [0.4, 0.5) is 0 Å². The van der Waals surface area contributed by atoms with Crippen molar-refractivity contribution >= 4 is 10.2 Å². The van der Waals surface area contributed by atoms with Gasteiger partial charge in [0.2, 0.25) is 0 Å². The molecule has 0 amide bonds. The number of piperidine rings is 1. The average Bonchev–Trinajstić information content (AvgIpc) is 2.28. The van der Waals surface area contributed by atoms with E-state index >= 15 is 0 Å². The summed E-state index contributed by atoms with van der Waals surface area (Å²) in [5, 5.41) is 0. The van der Waals surface area contributed by atoms with Crippen molar-refractivity contribution in [2.24, 2.45) is 11.7 Å². The van der Waals surface area contributed by atoms with Crippen molar-refractivity contribution in [1.82, 2.24) is 8.61 Å². The van der Waals surface area contributed by atoms with Gasteiger partial charge in [-0.15, -0.1) is 0 Å². The van der Waals surface area contributed by atoms with Crippen LogP contribution >= 0.6 is 0 Å².